The van der Waals surface area contributed by atoms with Crippen molar-refractivity contribution in [3.8, 4) is 11.3 Å². The second kappa shape index (κ2) is 4.59. The van der Waals surface area contributed by atoms with Crippen molar-refractivity contribution in [1.29, 1.82) is 0 Å². The molecule has 2 aromatic rings. The lowest BCUT2D eigenvalue weighted by atomic mass is 10.0. The first-order chi connectivity index (χ1) is 8.31. The van der Waals surface area contributed by atoms with E-state index in [0.29, 0.717) is 0 Å². The molecule has 1 N–H and O–H groups in total. The first kappa shape index (κ1) is 10.9. The van der Waals surface area contributed by atoms with Crippen LogP contribution in [0.4, 0.5) is 0 Å². The molecule has 0 amide bonds. The maximum atomic E-state index is 4.72. The lowest BCUT2D eigenvalue weighted by Gasteiger charge is -2.25. The molecule has 88 valence electrons. The summed E-state index contributed by atoms with van der Waals surface area (Å²) in [7, 11) is 0. The maximum Gasteiger partial charge on any atom is 0.0936 e. The molecule has 2 heterocycles. The molecule has 17 heavy (non-hydrogen) atoms. The second-order valence-corrected chi connectivity index (χ2v) is 5.66. The Balaban J connectivity index is 1.76. The second-order valence-electron chi connectivity index (χ2n) is 4.72. The SMILES string of the molecule is Cc1ccc(-c2csc(CC3CNC3)n2)cc1. The highest BCUT2D eigenvalue weighted by Crippen LogP contribution is 2.24. The molecule has 0 saturated carbocycles. The summed E-state index contributed by atoms with van der Waals surface area (Å²) in [5, 5.41) is 6.75. The summed E-state index contributed by atoms with van der Waals surface area (Å²) in [4.78, 5) is 4.72. The number of benzene rings is 1. The van der Waals surface area contributed by atoms with Crippen molar-refractivity contribution < 1.29 is 0 Å². The van der Waals surface area contributed by atoms with Crippen molar-refractivity contribution >= 4 is 11.3 Å². The molecule has 1 aliphatic rings. The van der Waals surface area contributed by atoms with Gasteiger partial charge in [-0.3, -0.25) is 0 Å². The van der Waals surface area contributed by atoms with Gasteiger partial charge in [-0.05, 0) is 25.9 Å². The minimum absolute atomic E-state index is 0.798. The number of hydrogen-bond acceptors (Lipinski definition) is 3. The minimum Gasteiger partial charge on any atom is -0.316 e. The Labute approximate surface area is 106 Å². The summed E-state index contributed by atoms with van der Waals surface area (Å²) < 4.78 is 0. The number of rotatable bonds is 3. The highest BCUT2D eigenvalue weighted by molar-refractivity contribution is 7.09. The molecule has 0 spiro atoms. The third kappa shape index (κ3) is 2.40. The van der Waals surface area contributed by atoms with Crippen molar-refractivity contribution in [3.63, 3.8) is 0 Å². The van der Waals surface area contributed by atoms with Gasteiger partial charge in [0.05, 0.1) is 10.7 Å². The molecular formula is C14H16N2S. The van der Waals surface area contributed by atoms with Crippen LogP contribution in [0.5, 0.6) is 0 Å². The van der Waals surface area contributed by atoms with Gasteiger partial charge in [-0.2, -0.15) is 0 Å². The number of aryl methyl sites for hydroxylation is 1. The van der Waals surface area contributed by atoms with Gasteiger partial charge in [-0.25, -0.2) is 4.98 Å². The van der Waals surface area contributed by atoms with E-state index in [1.165, 1.54) is 16.1 Å². The van der Waals surface area contributed by atoms with Gasteiger partial charge in [-0.1, -0.05) is 29.8 Å². The number of nitrogens with one attached hydrogen (secondary N) is 1. The zero-order valence-electron chi connectivity index (χ0n) is 9.94. The van der Waals surface area contributed by atoms with Crippen LogP contribution in [-0.2, 0) is 6.42 Å². The lowest BCUT2D eigenvalue weighted by molar-refractivity contribution is 0.346. The molecular weight excluding hydrogens is 228 g/mol. The standard InChI is InChI=1S/C14H16N2S/c1-10-2-4-12(5-3-10)13-9-17-14(16-13)6-11-7-15-8-11/h2-5,9,11,15H,6-8H2,1H3. The molecule has 1 aromatic carbocycles. The van der Waals surface area contributed by atoms with Crippen molar-refractivity contribution in [3.05, 3.63) is 40.2 Å². The normalized spacial score (nSPS) is 15.8. The summed E-state index contributed by atoms with van der Waals surface area (Å²) in [6.45, 7) is 4.42. The summed E-state index contributed by atoms with van der Waals surface area (Å²) in [6, 6.07) is 8.59. The molecule has 2 nitrogen and oxygen atoms in total. The zero-order chi connectivity index (χ0) is 11.7. The van der Waals surface area contributed by atoms with Crippen molar-refractivity contribution in [1.82, 2.24) is 10.3 Å². The summed E-state index contributed by atoms with van der Waals surface area (Å²) in [5.74, 6) is 0.798. The van der Waals surface area contributed by atoms with Gasteiger partial charge in [0.25, 0.3) is 0 Å². The number of aromatic nitrogens is 1. The van der Waals surface area contributed by atoms with E-state index in [-0.39, 0.29) is 0 Å². The topological polar surface area (TPSA) is 24.9 Å². The van der Waals surface area contributed by atoms with Gasteiger partial charge in [0.2, 0.25) is 0 Å². The molecule has 1 aromatic heterocycles. The average molecular weight is 244 g/mol. The Bertz CT molecular complexity index is 497. The molecule has 1 saturated heterocycles. The monoisotopic (exact) mass is 244 g/mol. The molecule has 0 atom stereocenters. The maximum absolute atomic E-state index is 4.72. The molecule has 0 aliphatic carbocycles. The largest absolute Gasteiger partial charge is 0.316 e. The fraction of sp³-hybridized carbons (Fsp3) is 0.357. The van der Waals surface area contributed by atoms with Crippen molar-refractivity contribution in [2.45, 2.75) is 13.3 Å². The molecule has 3 heteroatoms. The Morgan fingerprint density at radius 2 is 2.06 bits per heavy atom. The lowest BCUT2D eigenvalue weighted by Crippen LogP contribution is -2.43. The molecule has 0 bridgehead atoms. The predicted octanol–water partition coefficient (Wildman–Crippen LogP) is 2.88. The fourth-order valence-corrected chi connectivity index (χ4v) is 2.92. The quantitative estimate of drug-likeness (QED) is 0.898. The smallest absolute Gasteiger partial charge is 0.0936 e. The van der Waals surface area contributed by atoms with Crippen LogP contribution in [0.25, 0.3) is 11.3 Å². The molecule has 1 aliphatic heterocycles. The Kier molecular flexibility index (Phi) is 2.95. The van der Waals surface area contributed by atoms with Gasteiger partial charge < -0.3 is 5.32 Å². The van der Waals surface area contributed by atoms with E-state index in [1.54, 1.807) is 11.3 Å². The zero-order valence-corrected chi connectivity index (χ0v) is 10.8. The molecule has 0 unspecified atom stereocenters. The van der Waals surface area contributed by atoms with Gasteiger partial charge in [-0.15, -0.1) is 11.3 Å². The number of hydrogen-bond donors (Lipinski definition) is 1. The van der Waals surface area contributed by atoms with E-state index in [4.69, 9.17) is 4.98 Å². The third-order valence-corrected chi connectivity index (χ3v) is 4.10. The van der Waals surface area contributed by atoms with Gasteiger partial charge >= 0.3 is 0 Å². The highest BCUT2D eigenvalue weighted by atomic mass is 32.1. The van der Waals surface area contributed by atoms with Crippen LogP contribution in [0.1, 0.15) is 10.6 Å². The van der Waals surface area contributed by atoms with E-state index in [0.717, 1.165) is 31.1 Å². The number of nitrogens with zero attached hydrogens (tertiary/aromatic N) is 1. The van der Waals surface area contributed by atoms with E-state index < -0.39 is 0 Å². The van der Waals surface area contributed by atoms with Crippen LogP contribution in [0, 0.1) is 12.8 Å². The first-order valence-corrected chi connectivity index (χ1v) is 6.91. The minimum atomic E-state index is 0.798. The van der Waals surface area contributed by atoms with E-state index in [2.05, 4.69) is 41.9 Å². The van der Waals surface area contributed by atoms with Crippen LogP contribution in [0.15, 0.2) is 29.6 Å². The Hall–Kier alpha value is -1.19. The van der Waals surface area contributed by atoms with Gasteiger partial charge in [0.1, 0.15) is 0 Å². The van der Waals surface area contributed by atoms with Crippen LogP contribution in [-0.4, -0.2) is 18.1 Å². The Morgan fingerprint density at radius 3 is 2.71 bits per heavy atom. The van der Waals surface area contributed by atoms with Gasteiger partial charge in [0, 0.05) is 17.4 Å². The summed E-state index contributed by atoms with van der Waals surface area (Å²) in [5.41, 5.74) is 3.65. The highest BCUT2D eigenvalue weighted by Gasteiger charge is 2.18. The van der Waals surface area contributed by atoms with Crippen molar-refractivity contribution in [2.24, 2.45) is 5.92 Å². The molecule has 0 radical (unpaired) electrons. The molecule has 1 fully saturated rings. The van der Waals surface area contributed by atoms with E-state index in [1.807, 2.05) is 0 Å². The van der Waals surface area contributed by atoms with Crippen LogP contribution >= 0.6 is 11.3 Å². The summed E-state index contributed by atoms with van der Waals surface area (Å²) in [6.07, 6.45) is 1.13. The van der Waals surface area contributed by atoms with Crippen molar-refractivity contribution in [2.75, 3.05) is 13.1 Å². The van der Waals surface area contributed by atoms with Gasteiger partial charge in [0.15, 0.2) is 0 Å². The van der Waals surface area contributed by atoms with Crippen LogP contribution in [0.2, 0.25) is 0 Å². The number of thiazole rings is 1. The first-order valence-electron chi connectivity index (χ1n) is 6.03. The fourth-order valence-electron chi connectivity index (χ4n) is 2.00. The average Bonchev–Trinajstić information content (AvgIpc) is 2.73. The summed E-state index contributed by atoms with van der Waals surface area (Å²) >= 11 is 1.79. The third-order valence-electron chi connectivity index (χ3n) is 3.23. The molecule has 3 rings (SSSR count). The van der Waals surface area contributed by atoms with Crippen LogP contribution in [0.3, 0.4) is 0 Å². The van der Waals surface area contributed by atoms with Crippen LogP contribution < -0.4 is 5.32 Å². The Morgan fingerprint density at radius 1 is 1.29 bits per heavy atom. The van der Waals surface area contributed by atoms with E-state index in [9.17, 15) is 0 Å². The van der Waals surface area contributed by atoms with E-state index >= 15 is 0 Å². The predicted molar refractivity (Wildman–Crippen MR) is 72.4 cm³/mol.